The lowest BCUT2D eigenvalue weighted by molar-refractivity contribution is 0.0596. The SMILES string of the molecule is COC(=O)c1c(C)c(OC)c2ccc3c(OC)cccc3c2c1OC. The topological polar surface area (TPSA) is 54.0 Å². The zero-order valence-corrected chi connectivity index (χ0v) is 14.9. The number of ether oxygens (including phenoxy) is 4. The van der Waals surface area contributed by atoms with Crippen LogP contribution < -0.4 is 14.2 Å². The Bertz CT molecular complexity index is 975. The molecule has 0 spiro atoms. The van der Waals surface area contributed by atoms with Crippen molar-refractivity contribution in [2.45, 2.75) is 6.92 Å². The highest BCUT2D eigenvalue weighted by Crippen LogP contribution is 2.45. The number of hydrogen-bond donors (Lipinski definition) is 0. The van der Waals surface area contributed by atoms with E-state index in [1.165, 1.54) is 7.11 Å². The van der Waals surface area contributed by atoms with Crippen LogP contribution >= 0.6 is 0 Å². The largest absolute Gasteiger partial charge is 0.496 e. The lowest BCUT2D eigenvalue weighted by atomic mass is 9.94. The average molecular weight is 340 g/mol. The van der Waals surface area contributed by atoms with Gasteiger partial charge in [-0.15, -0.1) is 0 Å². The Labute approximate surface area is 146 Å². The molecule has 3 aromatic carbocycles. The minimum atomic E-state index is -0.463. The van der Waals surface area contributed by atoms with Gasteiger partial charge in [0.15, 0.2) is 0 Å². The molecule has 3 rings (SSSR count). The summed E-state index contributed by atoms with van der Waals surface area (Å²) in [5.74, 6) is 1.38. The van der Waals surface area contributed by atoms with E-state index in [1.807, 2.05) is 37.3 Å². The van der Waals surface area contributed by atoms with Crippen LogP contribution in [0.2, 0.25) is 0 Å². The fourth-order valence-electron chi connectivity index (χ4n) is 3.37. The van der Waals surface area contributed by atoms with Crippen molar-refractivity contribution >= 4 is 27.5 Å². The summed E-state index contributed by atoms with van der Waals surface area (Å²) in [7, 11) is 6.12. The van der Waals surface area contributed by atoms with Crippen LogP contribution in [-0.4, -0.2) is 34.4 Å². The number of benzene rings is 3. The van der Waals surface area contributed by atoms with Crippen LogP contribution in [0.3, 0.4) is 0 Å². The summed E-state index contributed by atoms with van der Waals surface area (Å²) < 4.78 is 21.7. The van der Waals surface area contributed by atoms with Gasteiger partial charge >= 0.3 is 5.97 Å². The van der Waals surface area contributed by atoms with E-state index in [1.54, 1.807) is 21.3 Å². The molecule has 0 heterocycles. The Hall–Kier alpha value is -2.95. The first-order chi connectivity index (χ1) is 12.1. The van der Waals surface area contributed by atoms with Gasteiger partial charge < -0.3 is 18.9 Å². The molecule has 5 heteroatoms. The monoisotopic (exact) mass is 340 g/mol. The maximum atomic E-state index is 12.4. The minimum absolute atomic E-state index is 0.365. The normalized spacial score (nSPS) is 10.8. The van der Waals surface area contributed by atoms with Crippen LogP contribution in [0.5, 0.6) is 17.2 Å². The molecule has 0 aliphatic heterocycles. The van der Waals surface area contributed by atoms with E-state index in [9.17, 15) is 4.79 Å². The molecule has 0 fully saturated rings. The number of fused-ring (bicyclic) bond motifs is 3. The first-order valence-corrected chi connectivity index (χ1v) is 7.81. The summed E-state index contributed by atoms with van der Waals surface area (Å²) >= 11 is 0. The van der Waals surface area contributed by atoms with E-state index in [2.05, 4.69) is 0 Å². The van der Waals surface area contributed by atoms with Crippen molar-refractivity contribution in [1.82, 2.24) is 0 Å². The summed E-state index contributed by atoms with van der Waals surface area (Å²) in [6, 6.07) is 9.71. The fourth-order valence-corrected chi connectivity index (χ4v) is 3.37. The van der Waals surface area contributed by atoms with Gasteiger partial charge in [0, 0.05) is 21.7 Å². The molecule has 0 aromatic heterocycles. The lowest BCUT2D eigenvalue weighted by Crippen LogP contribution is -2.09. The van der Waals surface area contributed by atoms with E-state index in [0.717, 1.165) is 27.3 Å². The predicted octanol–water partition coefficient (Wildman–Crippen LogP) is 4.11. The maximum absolute atomic E-state index is 12.4. The quantitative estimate of drug-likeness (QED) is 0.528. The van der Waals surface area contributed by atoms with Gasteiger partial charge in [0.1, 0.15) is 22.8 Å². The van der Waals surface area contributed by atoms with Crippen molar-refractivity contribution in [2.75, 3.05) is 28.4 Å². The molecule has 0 aliphatic carbocycles. The highest BCUT2D eigenvalue weighted by atomic mass is 16.5. The third-order valence-corrected chi connectivity index (χ3v) is 4.45. The molecular formula is C20H20O5. The second-order valence-corrected chi connectivity index (χ2v) is 5.60. The van der Waals surface area contributed by atoms with E-state index in [0.29, 0.717) is 22.6 Å². The molecule has 0 amide bonds. The number of hydrogen-bond acceptors (Lipinski definition) is 5. The van der Waals surface area contributed by atoms with Crippen molar-refractivity contribution in [2.24, 2.45) is 0 Å². The zero-order valence-electron chi connectivity index (χ0n) is 14.9. The van der Waals surface area contributed by atoms with Crippen LogP contribution in [-0.2, 0) is 4.74 Å². The van der Waals surface area contributed by atoms with Gasteiger partial charge in [-0.05, 0) is 30.5 Å². The van der Waals surface area contributed by atoms with E-state index < -0.39 is 5.97 Å². The second-order valence-electron chi connectivity index (χ2n) is 5.60. The van der Waals surface area contributed by atoms with Gasteiger partial charge in [-0.1, -0.05) is 12.1 Å². The van der Waals surface area contributed by atoms with Crippen molar-refractivity contribution in [3.8, 4) is 17.2 Å². The van der Waals surface area contributed by atoms with Crippen LogP contribution in [0.4, 0.5) is 0 Å². The predicted molar refractivity (Wildman–Crippen MR) is 97.2 cm³/mol. The molecule has 3 aromatic rings. The molecule has 0 aliphatic rings. The Morgan fingerprint density at radius 2 is 1.48 bits per heavy atom. The number of rotatable bonds is 4. The third-order valence-electron chi connectivity index (χ3n) is 4.45. The van der Waals surface area contributed by atoms with Crippen molar-refractivity contribution < 1.29 is 23.7 Å². The number of carbonyl (C=O) groups excluding carboxylic acids is 1. The van der Waals surface area contributed by atoms with Crippen LogP contribution in [0.15, 0.2) is 30.3 Å². The van der Waals surface area contributed by atoms with Crippen LogP contribution in [0, 0.1) is 6.92 Å². The highest BCUT2D eigenvalue weighted by molar-refractivity contribution is 6.17. The van der Waals surface area contributed by atoms with Crippen molar-refractivity contribution in [3.63, 3.8) is 0 Å². The fraction of sp³-hybridized carbons (Fsp3) is 0.250. The summed E-state index contributed by atoms with van der Waals surface area (Å²) in [4.78, 5) is 12.4. The van der Waals surface area contributed by atoms with Crippen molar-refractivity contribution in [1.29, 1.82) is 0 Å². The Balaban J connectivity index is 2.61. The average Bonchev–Trinajstić information content (AvgIpc) is 2.65. The first kappa shape index (κ1) is 16.9. The molecule has 0 unspecified atom stereocenters. The standard InChI is InChI=1S/C20H20O5/c1-11-16(20(21)25-5)19(24-4)17-13-7-6-8-15(22-2)12(13)9-10-14(17)18(11)23-3/h6-10H,1-5H3. The van der Waals surface area contributed by atoms with E-state index in [4.69, 9.17) is 18.9 Å². The second kappa shape index (κ2) is 6.51. The first-order valence-electron chi connectivity index (χ1n) is 7.81. The molecule has 0 saturated carbocycles. The number of carbonyl (C=O) groups is 1. The summed E-state index contributed by atoms with van der Waals surface area (Å²) in [6.45, 7) is 1.82. The molecule has 5 nitrogen and oxygen atoms in total. The maximum Gasteiger partial charge on any atom is 0.342 e. The van der Waals surface area contributed by atoms with Crippen LogP contribution in [0.25, 0.3) is 21.5 Å². The smallest absolute Gasteiger partial charge is 0.342 e. The molecule has 0 saturated heterocycles. The molecule has 0 N–H and O–H groups in total. The Morgan fingerprint density at radius 3 is 2.08 bits per heavy atom. The zero-order chi connectivity index (χ0) is 18.1. The molecule has 0 bridgehead atoms. The van der Waals surface area contributed by atoms with Gasteiger partial charge in [-0.25, -0.2) is 4.79 Å². The third kappa shape index (κ3) is 2.43. The number of methoxy groups -OCH3 is 4. The highest BCUT2D eigenvalue weighted by Gasteiger charge is 2.25. The Morgan fingerprint density at radius 1 is 0.800 bits per heavy atom. The summed E-state index contributed by atoms with van der Waals surface area (Å²) in [5, 5.41) is 3.50. The summed E-state index contributed by atoms with van der Waals surface area (Å²) in [6.07, 6.45) is 0. The number of esters is 1. The van der Waals surface area contributed by atoms with E-state index in [-0.39, 0.29) is 0 Å². The summed E-state index contributed by atoms with van der Waals surface area (Å²) in [5.41, 5.74) is 1.05. The molecule has 25 heavy (non-hydrogen) atoms. The molecular weight excluding hydrogens is 320 g/mol. The van der Waals surface area contributed by atoms with Gasteiger partial charge in [-0.2, -0.15) is 0 Å². The van der Waals surface area contributed by atoms with Crippen LogP contribution in [0.1, 0.15) is 15.9 Å². The van der Waals surface area contributed by atoms with Crippen molar-refractivity contribution in [3.05, 3.63) is 41.5 Å². The van der Waals surface area contributed by atoms with Gasteiger partial charge in [0.25, 0.3) is 0 Å². The molecule has 0 radical (unpaired) electrons. The molecule has 0 atom stereocenters. The molecule has 130 valence electrons. The van der Waals surface area contributed by atoms with E-state index >= 15 is 0 Å². The van der Waals surface area contributed by atoms with Gasteiger partial charge in [0.05, 0.1) is 28.4 Å². The lowest BCUT2D eigenvalue weighted by Gasteiger charge is -2.19. The Kier molecular flexibility index (Phi) is 4.40. The van der Waals surface area contributed by atoms with Gasteiger partial charge in [0.2, 0.25) is 0 Å². The minimum Gasteiger partial charge on any atom is -0.496 e. The van der Waals surface area contributed by atoms with Gasteiger partial charge in [-0.3, -0.25) is 0 Å².